The van der Waals surface area contributed by atoms with Crippen molar-refractivity contribution in [1.82, 2.24) is 0 Å². The minimum Gasteiger partial charge on any atom is -0.442 e. The number of rotatable bonds is 5. The van der Waals surface area contributed by atoms with E-state index in [4.69, 9.17) is 4.43 Å². The monoisotopic (exact) mass is 396 g/mol. The van der Waals surface area contributed by atoms with Gasteiger partial charge in [0.1, 0.15) is 0 Å². The van der Waals surface area contributed by atoms with Gasteiger partial charge in [-0.3, -0.25) is 4.79 Å². The van der Waals surface area contributed by atoms with Crippen molar-refractivity contribution in [1.29, 1.82) is 0 Å². The largest absolute Gasteiger partial charge is 0.442 e. The second kappa shape index (κ2) is 6.63. The van der Waals surface area contributed by atoms with Crippen molar-refractivity contribution in [2.45, 2.75) is 70.1 Å². The van der Waals surface area contributed by atoms with Crippen molar-refractivity contribution in [3.8, 4) is 0 Å². The first-order valence-electron chi connectivity index (χ1n) is 7.48. The molecule has 0 amide bonds. The number of halogens is 6. The minimum absolute atomic E-state index is 0.169. The molecule has 0 spiro atoms. The lowest BCUT2D eigenvalue weighted by molar-refractivity contribution is -0.315. The molecule has 0 aliphatic heterocycles. The number of alkyl halides is 6. The summed E-state index contributed by atoms with van der Waals surface area (Å²) in [4.78, 5) is 11.8. The van der Waals surface area contributed by atoms with Crippen molar-refractivity contribution in [3.63, 3.8) is 0 Å². The molecule has 0 aromatic rings. The summed E-state index contributed by atoms with van der Waals surface area (Å²) in [6, 6.07) is 0. The van der Waals surface area contributed by atoms with Crippen molar-refractivity contribution in [3.05, 3.63) is 0 Å². The van der Waals surface area contributed by atoms with Gasteiger partial charge in [0.05, 0.1) is 19.6 Å². The number of hydrogen-bond donors (Lipinski definition) is 0. The molecule has 1 aliphatic rings. The Balaban J connectivity index is 2.79. The zero-order valence-corrected chi connectivity index (χ0v) is 16.1. The Morgan fingerprint density at radius 1 is 0.958 bits per heavy atom. The van der Waals surface area contributed by atoms with Crippen molar-refractivity contribution in [2.24, 2.45) is 5.92 Å². The van der Waals surface area contributed by atoms with E-state index in [0.717, 1.165) is 0 Å². The van der Waals surface area contributed by atoms with E-state index in [1.54, 1.807) is 0 Å². The number of hydrogen-bond acceptors (Lipinski definition) is 3. The zero-order chi connectivity index (χ0) is 19.1. The SMILES string of the molecule is C[Si](C)(C)[Si](C)(C)O[C@H]1CC[C@@H]1C(=O)OC(C(F)(F)F)C(F)(F)F. The van der Waals surface area contributed by atoms with Crippen LogP contribution in [0, 0.1) is 5.92 Å². The smallest absolute Gasteiger partial charge is 0.434 e. The summed E-state index contributed by atoms with van der Waals surface area (Å²) in [5.74, 6) is -2.56. The van der Waals surface area contributed by atoms with E-state index < -0.39 is 51.9 Å². The van der Waals surface area contributed by atoms with Crippen molar-refractivity contribution < 1.29 is 40.3 Å². The van der Waals surface area contributed by atoms with Crippen LogP contribution in [0.25, 0.3) is 0 Å². The molecule has 1 fully saturated rings. The Hall–Kier alpha value is -0.556. The van der Waals surface area contributed by atoms with Crippen LogP contribution < -0.4 is 0 Å². The summed E-state index contributed by atoms with van der Waals surface area (Å²) in [5.41, 5.74) is 0. The molecule has 0 bridgehead atoms. The molecule has 0 unspecified atom stereocenters. The van der Waals surface area contributed by atoms with E-state index in [-0.39, 0.29) is 6.42 Å². The lowest BCUT2D eigenvalue weighted by atomic mass is 9.82. The third-order valence-electron chi connectivity index (χ3n) is 4.59. The molecule has 0 heterocycles. The highest BCUT2D eigenvalue weighted by Crippen LogP contribution is 2.40. The fraction of sp³-hybridized carbons (Fsp3) is 0.923. The molecule has 1 rings (SSSR count). The second-order valence-corrected chi connectivity index (χ2v) is 23.4. The van der Waals surface area contributed by atoms with Crippen LogP contribution in [0.4, 0.5) is 26.3 Å². The number of ether oxygens (including phenoxy) is 1. The van der Waals surface area contributed by atoms with Crippen molar-refractivity contribution >= 4 is 21.4 Å². The lowest BCUT2D eigenvalue weighted by Crippen LogP contribution is -2.59. The average Bonchev–Trinajstić information content (AvgIpc) is 2.27. The van der Waals surface area contributed by atoms with Gasteiger partial charge in [0.25, 0.3) is 6.10 Å². The maximum Gasteiger partial charge on any atom is 0.434 e. The molecular formula is C13H22F6O3Si2. The standard InChI is InChI=1S/C13H22F6O3Si2/c1-23(2,3)24(4,5)22-9-7-6-8(9)10(20)21-11(12(14,15)16)13(17,18)19/h8-9,11H,6-7H2,1-5H3/t8-,9-/m0/s1. The quantitative estimate of drug-likeness (QED) is 0.392. The Morgan fingerprint density at radius 2 is 1.42 bits per heavy atom. The van der Waals surface area contributed by atoms with Crippen LogP contribution in [0.5, 0.6) is 0 Å². The third kappa shape index (κ3) is 4.98. The summed E-state index contributed by atoms with van der Waals surface area (Å²) in [5, 5.41) is 0. The number of esters is 1. The topological polar surface area (TPSA) is 35.5 Å². The number of carbonyl (C=O) groups excluding carboxylic acids is 1. The van der Waals surface area contributed by atoms with Crippen LogP contribution >= 0.6 is 0 Å². The zero-order valence-electron chi connectivity index (χ0n) is 14.1. The molecule has 142 valence electrons. The first-order chi connectivity index (χ1) is 10.5. The second-order valence-electron chi connectivity index (χ2n) is 7.50. The summed E-state index contributed by atoms with van der Waals surface area (Å²) in [6.45, 7) is 10.1. The summed E-state index contributed by atoms with van der Waals surface area (Å²) >= 11 is 0. The van der Waals surface area contributed by atoms with Crippen LogP contribution in [-0.2, 0) is 14.0 Å². The summed E-state index contributed by atoms with van der Waals surface area (Å²) in [7, 11) is -3.83. The van der Waals surface area contributed by atoms with E-state index >= 15 is 0 Å². The van der Waals surface area contributed by atoms with Gasteiger partial charge < -0.3 is 9.16 Å². The normalized spacial score (nSPS) is 23.2. The molecule has 11 heteroatoms. The molecule has 0 N–H and O–H groups in total. The molecule has 3 nitrogen and oxygen atoms in total. The molecule has 1 saturated carbocycles. The van der Waals surface area contributed by atoms with E-state index in [1.165, 1.54) is 0 Å². The average molecular weight is 396 g/mol. The van der Waals surface area contributed by atoms with Gasteiger partial charge in [0.2, 0.25) is 0 Å². The molecule has 24 heavy (non-hydrogen) atoms. The molecule has 0 aromatic carbocycles. The number of carbonyl (C=O) groups is 1. The van der Waals surface area contributed by atoms with E-state index in [9.17, 15) is 31.1 Å². The Labute approximate surface area is 138 Å². The fourth-order valence-corrected chi connectivity index (χ4v) is 4.87. The predicted octanol–water partition coefficient (Wildman–Crippen LogP) is 4.44. The van der Waals surface area contributed by atoms with E-state index in [0.29, 0.717) is 6.42 Å². The van der Waals surface area contributed by atoms with Crippen LogP contribution in [0.1, 0.15) is 12.8 Å². The molecule has 0 saturated heterocycles. The first kappa shape index (κ1) is 21.5. The first-order valence-corrected chi connectivity index (χ1v) is 14.9. The van der Waals surface area contributed by atoms with Gasteiger partial charge in [-0.25, -0.2) is 0 Å². The predicted molar refractivity (Wildman–Crippen MR) is 80.4 cm³/mol. The Kier molecular flexibility index (Phi) is 5.94. The highest BCUT2D eigenvalue weighted by Gasteiger charge is 2.60. The molecule has 0 radical (unpaired) electrons. The van der Waals surface area contributed by atoms with Gasteiger partial charge >= 0.3 is 18.3 Å². The highest BCUT2D eigenvalue weighted by molar-refractivity contribution is 7.37. The minimum atomic E-state index is -5.69. The Morgan fingerprint density at radius 3 is 1.71 bits per heavy atom. The summed E-state index contributed by atoms with van der Waals surface area (Å²) < 4.78 is 84.6. The van der Waals surface area contributed by atoms with Gasteiger partial charge in [-0.1, -0.05) is 19.6 Å². The van der Waals surface area contributed by atoms with E-state index in [2.05, 4.69) is 24.4 Å². The Bertz CT molecular complexity index is 456. The fourth-order valence-electron chi connectivity index (χ4n) is 1.96. The highest BCUT2D eigenvalue weighted by atomic mass is 29.3. The van der Waals surface area contributed by atoms with Crippen LogP contribution in [0.15, 0.2) is 0 Å². The molecule has 1 aliphatic carbocycles. The molecule has 0 aromatic heterocycles. The van der Waals surface area contributed by atoms with Crippen LogP contribution in [0.3, 0.4) is 0 Å². The molecule has 2 atom stereocenters. The van der Waals surface area contributed by atoms with Gasteiger partial charge in [0, 0.05) is 0 Å². The van der Waals surface area contributed by atoms with Gasteiger partial charge in [-0.15, -0.1) is 0 Å². The molecular weight excluding hydrogens is 374 g/mol. The summed E-state index contributed by atoms with van der Waals surface area (Å²) in [6.07, 6.45) is -15.5. The van der Waals surface area contributed by atoms with Crippen molar-refractivity contribution in [2.75, 3.05) is 0 Å². The third-order valence-corrected chi connectivity index (χ3v) is 20.3. The van der Waals surface area contributed by atoms with Gasteiger partial charge in [-0.05, 0) is 25.9 Å². The maximum atomic E-state index is 12.5. The maximum absolute atomic E-state index is 12.5. The van der Waals surface area contributed by atoms with E-state index in [1.807, 2.05) is 13.1 Å². The van der Waals surface area contributed by atoms with Crippen LogP contribution in [-0.4, -0.2) is 46.0 Å². The van der Waals surface area contributed by atoms with Gasteiger partial charge in [-0.2, -0.15) is 26.3 Å². The van der Waals surface area contributed by atoms with Gasteiger partial charge in [0.15, 0.2) is 7.83 Å². The lowest BCUT2D eigenvalue weighted by Gasteiger charge is -2.44. The van der Waals surface area contributed by atoms with Crippen LogP contribution in [0.2, 0.25) is 32.7 Å².